The van der Waals surface area contributed by atoms with Crippen molar-refractivity contribution in [1.82, 2.24) is 0 Å². The number of ether oxygens (including phenoxy) is 1. The van der Waals surface area contributed by atoms with Gasteiger partial charge in [0, 0.05) is 18.4 Å². The zero-order chi connectivity index (χ0) is 25.1. The first-order valence-electron chi connectivity index (χ1n) is 12.2. The number of aliphatic hydroxyl groups is 1. The number of hydrogen-bond donors (Lipinski definition) is 2. The quantitative estimate of drug-likeness (QED) is 0.191. The lowest BCUT2D eigenvalue weighted by molar-refractivity contribution is -0.757. The summed E-state index contributed by atoms with van der Waals surface area (Å²) in [5, 5.41) is 29.4. The molecule has 1 aromatic carbocycles. The monoisotopic (exact) mass is 465 g/mol. The van der Waals surface area contributed by atoms with Gasteiger partial charge in [0.05, 0.1) is 12.4 Å². The van der Waals surface area contributed by atoms with Crippen molar-refractivity contribution in [2.24, 2.45) is 5.92 Å². The molecule has 7 nitrogen and oxygen atoms in total. The Hall–Kier alpha value is -2.44. The number of benzene rings is 1. The molecule has 1 aliphatic carbocycles. The second kappa shape index (κ2) is 13.3. The fourth-order valence-electron chi connectivity index (χ4n) is 4.18. The van der Waals surface area contributed by atoms with Gasteiger partial charge in [0.15, 0.2) is 0 Å². The molecule has 0 amide bonds. The van der Waals surface area contributed by atoms with E-state index in [1.165, 1.54) is 0 Å². The third-order valence-electron chi connectivity index (χ3n) is 6.32. The first-order valence-corrected chi connectivity index (χ1v) is 12.2. The normalized spacial score (nSPS) is 16.3. The van der Waals surface area contributed by atoms with Crippen LogP contribution >= 0.6 is 0 Å². The maximum atomic E-state index is 10.3. The maximum absolute atomic E-state index is 10.3. The molecule has 1 atom stereocenters. The van der Waals surface area contributed by atoms with E-state index in [0.29, 0.717) is 30.3 Å². The summed E-state index contributed by atoms with van der Waals surface area (Å²) in [5.41, 5.74) is 0.465. The molecule has 0 bridgehead atoms. The van der Waals surface area contributed by atoms with Crippen LogP contribution in [0.4, 0.5) is 0 Å². The molecule has 0 saturated heterocycles. The van der Waals surface area contributed by atoms with Gasteiger partial charge in [0.1, 0.15) is 17.1 Å². The van der Waals surface area contributed by atoms with E-state index in [4.69, 9.17) is 4.74 Å². The summed E-state index contributed by atoms with van der Waals surface area (Å²) in [5.74, 6) is 1.60. The number of hydrogen-bond acceptors (Lipinski definition) is 6. The van der Waals surface area contributed by atoms with E-state index >= 15 is 0 Å². The minimum absolute atomic E-state index is 0.141. The van der Waals surface area contributed by atoms with Gasteiger partial charge in [-0.1, -0.05) is 47.0 Å². The van der Waals surface area contributed by atoms with Crippen LogP contribution in [0.3, 0.4) is 0 Å². The highest BCUT2D eigenvalue weighted by atomic mass is 16.9. The molecule has 0 radical (unpaired) electrons. The topological polar surface area (TPSA) is 102 Å². The highest BCUT2D eigenvalue weighted by Gasteiger charge is 2.33. The average molecular weight is 466 g/mol. The van der Waals surface area contributed by atoms with Gasteiger partial charge in [-0.2, -0.15) is 0 Å². The molecule has 0 heterocycles. The summed E-state index contributed by atoms with van der Waals surface area (Å²) in [4.78, 5) is 14.5. The molecule has 2 N–H and O–H groups in total. The lowest BCUT2D eigenvalue weighted by Crippen LogP contribution is -2.38. The Morgan fingerprint density at radius 3 is 2.33 bits per heavy atom. The van der Waals surface area contributed by atoms with Crippen molar-refractivity contribution < 1.29 is 24.9 Å². The number of rotatable bonds is 12. The molecule has 0 aromatic heterocycles. The van der Waals surface area contributed by atoms with Crippen molar-refractivity contribution in [1.29, 1.82) is 0 Å². The van der Waals surface area contributed by atoms with Crippen molar-refractivity contribution in [3.8, 4) is 11.5 Å². The highest BCUT2D eigenvalue weighted by Crippen LogP contribution is 2.38. The molecule has 1 aliphatic rings. The van der Waals surface area contributed by atoms with Crippen LogP contribution in [0.2, 0.25) is 0 Å². The van der Waals surface area contributed by atoms with Gasteiger partial charge in [-0.05, 0) is 68.7 Å². The van der Waals surface area contributed by atoms with Gasteiger partial charge < -0.3 is 19.8 Å². The number of unbranched alkanes of at least 4 members (excludes halogenated alkanes) is 3. The molecule has 1 aromatic rings. The molecular formula is C26H43NO6. The third kappa shape index (κ3) is 9.93. The van der Waals surface area contributed by atoms with Gasteiger partial charge in [-0.15, -0.1) is 10.1 Å². The maximum Gasteiger partial charge on any atom is 0.294 e. The van der Waals surface area contributed by atoms with Crippen LogP contribution in [0.15, 0.2) is 30.0 Å². The van der Waals surface area contributed by atoms with Crippen LogP contribution < -0.4 is 4.74 Å². The largest absolute Gasteiger partial charge is 0.513 e. The minimum atomic E-state index is -0.749. The predicted octanol–water partition coefficient (Wildman–Crippen LogP) is 7.25. The second-order valence-electron chi connectivity index (χ2n) is 9.69. The standard InChI is InChI=1S/C24H37NO6.C2H6/c1-23(2,13-7-5-6-8-14-30-25(28)29)19-15-21(27)17-22(16-19)31-24(3,4)18-9-11-20(26)12-10-18;1-2/h11,15-18,26-27H,5-10,12-14H2,1-4H3;1-2H3. The first-order chi connectivity index (χ1) is 15.5. The first kappa shape index (κ1) is 28.6. The van der Waals surface area contributed by atoms with E-state index in [1.54, 1.807) is 12.1 Å². The van der Waals surface area contributed by atoms with E-state index < -0.39 is 10.7 Å². The molecule has 33 heavy (non-hydrogen) atoms. The Morgan fingerprint density at radius 1 is 1.06 bits per heavy atom. The van der Waals surface area contributed by atoms with Crippen molar-refractivity contribution in [3.05, 3.63) is 45.7 Å². The van der Waals surface area contributed by atoms with Crippen molar-refractivity contribution in [3.63, 3.8) is 0 Å². The number of allylic oxidation sites excluding steroid dienone is 2. The van der Waals surface area contributed by atoms with Gasteiger partial charge >= 0.3 is 0 Å². The van der Waals surface area contributed by atoms with E-state index in [1.807, 2.05) is 26.0 Å². The molecule has 0 aliphatic heterocycles. The number of aromatic hydroxyl groups is 1. The summed E-state index contributed by atoms with van der Waals surface area (Å²) < 4.78 is 6.34. The fourth-order valence-corrected chi connectivity index (χ4v) is 4.18. The second-order valence-corrected chi connectivity index (χ2v) is 9.69. The van der Waals surface area contributed by atoms with E-state index in [-0.39, 0.29) is 17.8 Å². The zero-order valence-electron chi connectivity index (χ0n) is 21.2. The molecule has 0 saturated carbocycles. The van der Waals surface area contributed by atoms with Crippen LogP contribution in [0.1, 0.15) is 98.5 Å². The lowest BCUT2D eigenvalue weighted by Gasteiger charge is -2.36. The van der Waals surface area contributed by atoms with Crippen molar-refractivity contribution in [2.75, 3.05) is 6.61 Å². The van der Waals surface area contributed by atoms with Gasteiger partial charge in [-0.25, -0.2) is 0 Å². The Labute approximate surface area is 198 Å². The average Bonchev–Trinajstić information content (AvgIpc) is 2.74. The lowest BCUT2D eigenvalue weighted by atomic mass is 9.79. The Morgan fingerprint density at radius 2 is 1.73 bits per heavy atom. The van der Waals surface area contributed by atoms with Gasteiger partial charge in [-0.3, -0.25) is 0 Å². The third-order valence-corrected chi connectivity index (χ3v) is 6.32. The van der Waals surface area contributed by atoms with E-state index in [2.05, 4.69) is 32.5 Å². The van der Waals surface area contributed by atoms with Crippen molar-refractivity contribution in [2.45, 2.75) is 104 Å². The highest BCUT2D eigenvalue weighted by molar-refractivity contribution is 5.41. The minimum Gasteiger partial charge on any atom is -0.513 e. The van der Waals surface area contributed by atoms with Gasteiger partial charge in [0.25, 0.3) is 5.09 Å². The Bertz CT molecular complexity index is 772. The van der Waals surface area contributed by atoms with Crippen LogP contribution in [0.25, 0.3) is 0 Å². The number of aliphatic hydroxyl groups excluding tert-OH is 1. The summed E-state index contributed by atoms with van der Waals surface area (Å²) in [7, 11) is 0. The Kier molecular flexibility index (Phi) is 11.5. The van der Waals surface area contributed by atoms with Crippen LogP contribution in [-0.2, 0) is 10.3 Å². The summed E-state index contributed by atoms with van der Waals surface area (Å²) in [6, 6.07) is 5.47. The molecule has 0 spiro atoms. The SMILES string of the molecule is CC.CC(C)(CCCCCCO[N+](=O)[O-])c1cc(O)cc(OC(C)(C)C2CC=C(O)CC2)c1. The molecular weight excluding hydrogens is 422 g/mol. The molecule has 7 heteroatoms. The van der Waals surface area contributed by atoms with Gasteiger partial charge in [0.2, 0.25) is 0 Å². The predicted molar refractivity (Wildman–Crippen MR) is 131 cm³/mol. The number of phenolic OH excluding ortho intramolecular Hbond substituents is 1. The zero-order valence-corrected chi connectivity index (χ0v) is 21.2. The smallest absolute Gasteiger partial charge is 0.294 e. The number of phenols is 1. The van der Waals surface area contributed by atoms with Crippen molar-refractivity contribution >= 4 is 0 Å². The molecule has 1 unspecified atom stereocenters. The fraction of sp³-hybridized carbons (Fsp3) is 0.692. The van der Waals surface area contributed by atoms with Crippen LogP contribution in [-0.4, -0.2) is 27.5 Å². The summed E-state index contributed by atoms with van der Waals surface area (Å²) in [6.45, 7) is 12.6. The summed E-state index contributed by atoms with van der Waals surface area (Å²) in [6.07, 6.45) is 8.66. The number of nitrogens with zero attached hydrogens (tertiary/aromatic N) is 1. The summed E-state index contributed by atoms with van der Waals surface area (Å²) >= 11 is 0. The Balaban J connectivity index is 0.00000265. The van der Waals surface area contributed by atoms with Crippen LogP contribution in [0.5, 0.6) is 11.5 Å². The van der Waals surface area contributed by atoms with E-state index in [9.17, 15) is 20.3 Å². The molecule has 188 valence electrons. The molecule has 2 rings (SSSR count). The van der Waals surface area contributed by atoms with Crippen LogP contribution in [0, 0.1) is 16.0 Å². The molecule has 0 fully saturated rings. The van der Waals surface area contributed by atoms with E-state index in [0.717, 1.165) is 44.1 Å².